The van der Waals surface area contributed by atoms with E-state index < -0.39 is 0 Å². The van der Waals surface area contributed by atoms with Crippen molar-refractivity contribution < 1.29 is 4.74 Å². The predicted molar refractivity (Wildman–Crippen MR) is 164 cm³/mol. The van der Waals surface area contributed by atoms with Crippen LogP contribution in [0.5, 0.6) is 5.75 Å². The Morgan fingerprint density at radius 2 is 1.76 bits per heavy atom. The molecule has 1 atom stereocenters. The first kappa shape index (κ1) is 29.2. The highest BCUT2D eigenvalue weighted by atomic mass is 16.5. The van der Waals surface area contributed by atoms with Crippen molar-refractivity contribution in [2.45, 2.75) is 53.0 Å². The van der Waals surface area contributed by atoms with E-state index in [-0.39, 0.29) is 6.04 Å². The van der Waals surface area contributed by atoms with Gasteiger partial charge in [-0.2, -0.15) is 0 Å². The van der Waals surface area contributed by atoms with E-state index in [4.69, 9.17) is 15.5 Å². The van der Waals surface area contributed by atoms with Crippen molar-refractivity contribution in [2.75, 3.05) is 19.7 Å². The standard InChI is InChI=1S/C34H45N3O/c1-7-10-29-23-37(24-29)27(6)34(35)21-28-12-14-31(15-13-28)26(5)36-22-30(8-2)32-16-18-33(19-17-32)38-20-9-11-25(3)4/h7-8,10,12-19,22,25,29,34H,2,6,9,11,20-21,23-24,35H2,1,3-5H3/b10-7-,30-22+,36-26?. The molecule has 4 nitrogen and oxygen atoms in total. The third kappa shape index (κ3) is 8.59. The molecule has 4 heteroatoms. The van der Waals surface area contributed by atoms with E-state index in [1.807, 2.05) is 31.3 Å². The monoisotopic (exact) mass is 511 g/mol. The van der Waals surface area contributed by atoms with Crippen LogP contribution in [-0.4, -0.2) is 36.3 Å². The van der Waals surface area contributed by atoms with E-state index >= 15 is 0 Å². The predicted octanol–water partition coefficient (Wildman–Crippen LogP) is 7.43. The molecule has 38 heavy (non-hydrogen) atoms. The molecular formula is C34H45N3O. The third-order valence-electron chi connectivity index (χ3n) is 7.04. The summed E-state index contributed by atoms with van der Waals surface area (Å²) >= 11 is 0. The summed E-state index contributed by atoms with van der Waals surface area (Å²) in [6.45, 7) is 19.6. The minimum atomic E-state index is -0.0721. The molecule has 1 unspecified atom stereocenters. The van der Waals surface area contributed by atoms with Gasteiger partial charge in [0.25, 0.3) is 0 Å². The molecule has 1 heterocycles. The van der Waals surface area contributed by atoms with Crippen LogP contribution in [0.3, 0.4) is 0 Å². The zero-order chi connectivity index (χ0) is 27.5. The molecule has 1 fully saturated rings. The molecule has 1 aliphatic heterocycles. The Kier molecular flexibility index (Phi) is 11.2. The van der Waals surface area contributed by atoms with Gasteiger partial charge < -0.3 is 15.4 Å². The fraction of sp³-hybridized carbons (Fsp3) is 0.382. The Balaban J connectivity index is 1.55. The Labute approximate surface area is 230 Å². The molecule has 2 aromatic carbocycles. The van der Waals surface area contributed by atoms with Gasteiger partial charge in [0.15, 0.2) is 0 Å². The van der Waals surface area contributed by atoms with Crippen LogP contribution in [0.1, 0.15) is 57.2 Å². The maximum Gasteiger partial charge on any atom is 0.119 e. The maximum absolute atomic E-state index is 6.47. The van der Waals surface area contributed by atoms with Gasteiger partial charge >= 0.3 is 0 Å². The Morgan fingerprint density at radius 3 is 2.37 bits per heavy atom. The molecule has 1 saturated heterocycles. The summed E-state index contributed by atoms with van der Waals surface area (Å²) in [6, 6.07) is 16.6. The lowest BCUT2D eigenvalue weighted by Gasteiger charge is -2.42. The molecule has 0 radical (unpaired) electrons. The van der Waals surface area contributed by atoms with Crippen molar-refractivity contribution in [3.8, 4) is 5.75 Å². The summed E-state index contributed by atoms with van der Waals surface area (Å²) in [5.74, 6) is 2.23. The van der Waals surface area contributed by atoms with Crippen molar-refractivity contribution >= 4 is 11.3 Å². The average Bonchev–Trinajstić information content (AvgIpc) is 2.89. The molecule has 0 spiro atoms. The van der Waals surface area contributed by atoms with Crippen LogP contribution >= 0.6 is 0 Å². The van der Waals surface area contributed by atoms with Gasteiger partial charge in [0.2, 0.25) is 0 Å². The zero-order valence-electron chi connectivity index (χ0n) is 23.7. The molecule has 0 aliphatic carbocycles. The topological polar surface area (TPSA) is 50.8 Å². The molecule has 0 aromatic heterocycles. The lowest BCUT2D eigenvalue weighted by atomic mass is 9.95. The van der Waals surface area contributed by atoms with Gasteiger partial charge in [-0.15, -0.1) is 0 Å². The van der Waals surface area contributed by atoms with Gasteiger partial charge in [0.1, 0.15) is 5.75 Å². The minimum Gasteiger partial charge on any atom is -0.494 e. The van der Waals surface area contributed by atoms with E-state index in [1.54, 1.807) is 0 Å². The largest absolute Gasteiger partial charge is 0.494 e. The van der Waals surface area contributed by atoms with E-state index in [0.717, 1.165) is 66.4 Å². The number of benzene rings is 2. The van der Waals surface area contributed by atoms with Crippen LogP contribution in [0.15, 0.2) is 96.8 Å². The summed E-state index contributed by atoms with van der Waals surface area (Å²) in [5, 5.41) is 0. The van der Waals surface area contributed by atoms with E-state index in [0.29, 0.717) is 11.8 Å². The second-order valence-corrected chi connectivity index (χ2v) is 10.6. The number of nitrogens with two attached hydrogens (primary N) is 1. The van der Waals surface area contributed by atoms with E-state index in [9.17, 15) is 0 Å². The average molecular weight is 512 g/mol. The smallest absolute Gasteiger partial charge is 0.119 e. The van der Waals surface area contributed by atoms with Crippen molar-refractivity contribution in [1.29, 1.82) is 0 Å². The summed E-state index contributed by atoms with van der Waals surface area (Å²) in [5.41, 5.74) is 12.8. The molecule has 0 bridgehead atoms. The van der Waals surface area contributed by atoms with Crippen LogP contribution in [0.25, 0.3) is 5.57 Å². The van der Waals surface area contributed by atoms with Crippen molar-refractivity contribution in [3.63, 3.8) is 0 Å². The summed E-state index contributed by atoms with van der Waals surface area (Å²) in [7, 11) is 0. The lowest BCUT2D eigenvalue weighted by molar-refractivity contribution is 0.168. The molecule has 1 aliphatic rings. The van der Waals surface area contributed by atoms with Gasteiger partial charge in [0, 0.05) is 42.7 Å². The second-order valence-electron chi connectivity index (χ2n) is 10.6. The number of likely N-dealkylation sites (tertiary alicyclic amines) is 1. The number of hydrogen-bond donors (Lipinski definition) is 1. The van der Waals surface area contributed by atoms with Gasteiger partial charge in [-0.25, -0.2) is 0 Å². The zero-order valence-corrected chi connectivity index (χ0v) is 23.7. The van der Waals surface area contributed by atoms with E-state index in [2.05, 4.69) is 87.4 Å². The fourth-order valence-corrected chi connectivity index (χ4v) is 4.54. The highest BCUT2D eigenvalue weighted by molar-refractivity contribution is 5.99. The Morgan fingerprint density at radius 1 is 1.11 bits per heavy atom. The van der Waals surface area contributed by atoms with Crippen molar-refractivity contribution in [2.24, 2.45) is 22.6 Å². The Bertz CT molecular complexity index is 1130. The number of hydrogen-bond acceptors (Lipinski definition) is 4. The number of allylic oxidation sites excluding steroid dienone is 3. The van der Waals surface area contributed by atoms with Crippen molar-refractivity contribution in [1.82, 2.24) is 4.90 Å². The quantitative estimate of drug-likeness (QED) is 0.124. The van der Waals surface area contributed by atoms with Crippen LogP contribution in [0, 0.1) is 11.8 Å². The number of rotatable bonds is 14. The third-order valence-corrected chi connectivity index (χ3v) is 7.04. The van der Waals surface area contributed by atoms with E-state index in [1.165, 1.54) is 12.0 Å². The van der Waals surface area contributed by atoms with Gasteiger partial charge in [-0.1, -0.05) is 81.6 Å². The van der Waals surface area contributed by atoms with Gasteiger partial charge in [-0.3, -0.25) is 4.99 Å². The maximum atomic E-state index is 6.47. The number of nitrogens with zero attached hydrogens (tertiary/aromatic N) is 2. The number of ether oxygens (including phenoxy) is 1. The van der Waals surface area contributed by atoms with Crippen LogP contribution in [-0.2, 0) is 6.42 Å². The molecule has 2 aromatic rings. The second kappa shape index (κ2) is 14.5. The lowest BCUT2D eigenvalue weighted by Crippen LogP contribution is -2.49. The van der Waals surface area contributed by atoms with Crippen LogP contribution in [0.4, 0.5) is 0 Å². The highest BCUT2D eigenvalue weighted by Crippen LogP contribution is 2.24. The summed E-state index contributed by atoms with van der Waals surface area (Å²) in [4.78, 5) is 7.02. The minimum absolute atomic E-state index is 0.0721. The molecular weight excluding hydrogens is 466 g/mol. The molecule has 0 saturated carbocycles. The molecule has 0 amide bonds. The first-order valence-electron chi connectivity index (χ1n) is 13.8. The van der Waals surface area contributed by atoms with Crippen LogP contribution in [0.2, 0.25) is 0 Å². The molecule has 2 N–H and O–H groups in total. The van der Waals surface area contributed by atoms with Crippen LogP contribution < -0.4 is 10.5 Å². The molecule has 3 rings (SSSR count). The first-order chi connectivity index (χ1) is 18.3. The van der Waals surface area contributed by atoms with Gasteiger partial charge in [-0.05, 0) is 73.4 Å². The fourth-order valence-electron chi connectivity index (χ4n) is 4.54. The summed E-state index contributed by atoms with van der Waals surface area (Å²) < 4.78 is 5.87. The highest BCUT2D eigenvalue weighted by Gasteiger charge is 2.27. The normalized spacial score (nSPS) is 15.6. The first-order valence-corrected chi connectivity index (χ1v) is 13.8. The summed E-state index contributed by atoms with van der Waals surface area (Å²) in [6.07, 6.45) is 11.1. The molecule has 202 valence electrons. The van der Waals surface area contributed by atoms with Crippen molar-refractivity contribution in [3.05, 3.63) is 109 Å². The SMILES string of the molecule is C=C/C(=C\N=C(C)c1ccc(CC(N)C(=C)N2CC(/C=C\C)C2)cc1)c1ccc(OCCCC(C)C)cc1. The Hall–Kier alpha value is -3.37. The number of aliphatic imine (C=N–C) groups is 1. The van der Waals surface area contributed by atoms with Gasteiger partial charge in [0.05, 0.1) is 6.61 Å².